The molecule has 164 valence electrons. The average molecular weight is 444 g/mol. The predicted octanol–water partition coefficient (Wildman–Crippen LogP) is 2.66. The van der Waals surface area contributed by atoms with Gasteiger partial charge in [-0.2, -0.15) is 13.9 Å². The minimum atomic E-state index is -3.82. The highest BCUT2D eigenvalue weighted by Gasteiger charge is 2.34. The van der Waals surface area contributed by atoms with Gasteiger partial charge in [0, 0.05) is 30.9 Å². The number of rotatable bonds is 5. The number of nitrogens with one attached hydrogen (secondary N) is 1. The fourth-order valence-corrected chi connectivity index (χ4v) is 5.94. The van der Waals surface area contributed by atoms with Crippen molar-refractivity contribution in [2.24, 2.45) is 11.8 Å². The van der Waals surface area contributed by atoms with Gasteiger partial charge in [0.25, 0.3) is 5.91 Å². The summed E-state index contributed by atoms with van der Waals surface area (Å²) in [5.41, 5.74) is 0.790. The Bertz CT molecular complexity index is 1210. The average Bonchev–Trinajstić information content (AvgIpc) is 3.22. The molecule has 10 heteroatoms. The number of carbonyl (C=O) groups excluding carboxylic acids is 1. The van der Waals surface area contributed by atoms with Gasteiger partial charge in [0.2, 0.25) is 10.0 Å². The first-order chi connectivity index (χ1) is 14.8. The summed E-state index contributed by atoms with van der Waals surface area (Å²) in [6, 6.07) is 7.75. The molecule has 0 radical (unpaired) electrons. The Morgan fingerprint density at radius 3 is 2.58 bits per heavy atom. The fraction of sp³-hybridized carbons (Fsp3) is 0.381. The van der Waals surface area contributed by atoms with Crippen LogP contribution in [0.4, 0.5) is 5.82 Å². The van der Waals surface area contributed by atoms with Gasteiger partial charge < -0.3 is 10.1 Å². The Morgan fingerprint density at radius 1 is 1.13 bits per heavy atom. The third-order valence-electron chi connectivity index (χ3n) is 5.41. The lowest BCUT2D eigenvalue weighted by atomic mass is 9.94. The molecule has 2 aromatic heterocycles. The number of hydrogen-bond donors (Lipinski definition) is 1. The summed E-state index contributed by atoms with van der Waals surface area (Å²) < 4.78 is 35.1. The summed E-state index contributed by atoms with van der Waals surface area (Å²) in [5, 5.41) is 6.91. The zero-order valence-corrected chi connectivity index (χ0v) is 18.5. The van der Waals surface area contributed by atoms with Crippen molar-refractivity contribution in [2.45, 2.75) is 25.2 Å². The molecular weight excluding hydrogens is 418 g/mol. The van der Waals surface area contributed by atoms with E-state index in [2.05, 4.69) is 15.4 Å². The van der Waals surface area contributed by atoms with E-state index in [-0.39, 0.29) is 28.0 Å². The summed E-state index contributed by atoms with van der Waals surface area (Å²) >= 11 is 0. The maximum atomic E-state index is 13.4. The highest BCUT2D eigenvalue weighted by molar-refractivity contribution is 7.89. The Morgan fingerprint density at radius 2 is 1.87 bits per heavy atom. The summed E-state index contributed by atoms with van der Waals surface area (Å²) in [5.74, 6) is 0.709. The first kappa shape index (κ1) is 21.3. The molecule has 1 aliphatic rings. The molecule has 1 saturated heterocycles. The van der Waals surface area contributed by atoms with E-state index in [1.165, 1.54) is 34.1 Å². The summed E-state index contributed by atoms with van der Waals surface area (Å²) in [7, 11) is -2.41. The van der Waals surface area contributed by atoms with Crippen LogP contribution < -0.4 is 10.1 Å². The number of piperidine rings is 1. The number of nitrogens with zero attached hydrogens (tertiary/aromatic N) is 4. The van der Waals surface area contributed by atoms with Crippen LogP contribution in [0.3, 0.4) is 0 Å². The Hall–Kier alpha value is -2.98. The van der Waals surface area contributed by atoms with Crippen molar-refractivity contribution >= 4 is 27.4 Å². The van der Waals surface area contributed by atoms with E-state index in [0.29, 0.717) is 24.6 Å². The molecule has 1 fully saturated rings. The quantitative estimate of drug-likeness (QED) is 0.650. The Kier molecular flexibility index (Phi) is 5.67. The van der Waals surface area contributed by atoms with Crippen molar-refractivity contribution in [3.63, 3.8) is 0 Å². The molecule has 1 N–H and O–H groups in total. The SMILES string of the molecule is COc1ccc(C(=O)Nc2ccnc3ccnn23)cc1S(=O)(=O)N1CC(C)CC(C)C1. The second kappa shape index (κ2) is 8.27. The van der Waals surface area contributed by atoms with E-state index >= 15 is 0 Å². The maximum Gasteiger partial charge on any atom is 0.256 e. The van der Waals surface area contributed by atoms with E-state index < -0.39 is 15.9 Å². The summed E-state index contributed by atoms with van der Waals surface area (Å²) in [6.45, 7) is 4.98. The first-order valence-corrected chi connectivity index (χ1v) is 11.5. The second-order valence-corrected chi connectivity index (χ2v) is 9.93. The van der Waals surface area contributed by atoms with Crippen molar-refractivity contribution in [1.29, 1.82) is 0 Å². The van der Waals surface area contributed by atoms with E-state index in [4.69, 9.17) is 4.74 Å². The minimum Gasteiger partial charge on any atom is -0.495 e. The maximum absolute atomic E-state index is 13.4. The van der Waals surface area contributed by atoms with E-state index in [0.717, 1.165) is 6.42 Å². The molecule has 0 aliphatic carbocycles. The number of anilines is 1. The van der Waals surface area contributed by atoms with Crippen LogP contribution in [-0.4, -0.2) is 53.4 Å². The number of amides is 1. The standard InChI is InChI=1S/C21H25N5O4S/c1-14-10-15(2)13-25(12-14)31(28,29)18-11-16(4-5-17(18)30-3)21(27)24-20-6-8-22-19-7-9-23-26(19)20/h4-9,11,14-15H,10,12-13H2,1-3H3,(H,24,27). The molecule has 3 heterocycles. The zero-order chi connectivity index (χ0) is 22.2. The number of fused-ring (bicyclic) bond motifs is 1. The minimum absolute atomic E-state index is 0.0112. The van der Waals surface area contributed by atoms with Crippen LogP contribution in [-0.2, 0) is 10.0 Å². The molecule has 1 aromatic carbocycles. The Balaban J connectivity index is 1.67. The molecule has 31 heavy (non-hydrogen) atoms. The van der Waals surface area contributed by atoms with Gasteiger partial charge in [-0.15, -0.1) is 0 Å². The number of benzene rings is 1. The lowest BCUT2D eigenvalue weighted by Gasteiger charge is -2.34. The van der Waals surface area contributed by atoms with Crippen molar-refractivity contribution in [3.05, 3.63) is 48.3 Å². The number of ether oxygens (including phenoxy) is 1. The van der Waals surface area contributed by atoms with E-state index in [1.807, 2.05) is 13.8 Å². The highest BCUT2D eigenvalue weighted by Crippen LogP contribution is 2.32. The van der Waals surface area contributed by atoms with Gasteiger partial charge in [-0.3, -0.25) is 4.79 Å². The second-order valence-electron chi connectivity index (χ2n) is 8.02. The van der Waals surface area contributed by atoms with Crippen LogP contribution in [0, 0.1) is 11.8 Å². The molecule has 1 amide bonds. The molecule has 1 aliphatic heterocycles. The van der Waals surface area contributed by atoms with Gasteiger partial charge in [0.1, 0.15) is 16.5 Å². The van der Waals surface area contributed by atoms with Gasteiger partial charge in [0.05, 0.1) is 13.3 Å². The third kappa shape index (κ3) is 4.13. The third-order valence-corrected chi connectivity index (χ3v) is 7.26. The lowest BCUT2D eigenvalue weighted by molar-refractivity contribution is 0.102. The molecule has 4 rings (SSSR count). The molecule has 0 saturated carbocycles. The number of methoxy groups -OCH3 is 1. The summed E-state index contributed by atoms with van der Waals surface area (Å²) in [6.07, 6.45) is 4.13. The fourth-order valence-electron chi connectivity index (χ4n) is 4.08. The molecular formula is C21H25N5O4S. The highest BCUT2D eigenvalue weighted by atomic mass is 32.2. The van der Waals surface area contributed by atoms with Gasteiger partial charge in [-0.1, -0.05) is 13.8 Å². The van der Waals surface area contributed by atoms with Gasteiger partial charge >= 0.3 is 0 Å². The van der Waals surface area contributed by atoms with Crippen LogP contribution in [0.1, 0.15) is 30.6 Å². The lowest BCUT2D eigenvalue weighted by Crippen LogP contribution is -2.42. The summed E-state index contributed by atoms with van der Waals surface area (Å²) in [4.78, 5) is 17.1. The van der Waals surface area contributed by atoms with E-state index in [9.17, 15) is 13.2 Å². The normalized spacial score (nSPS) is 20.0. The molecule has 2 unspecified atom stereocenters. The van der Waals surface area contributed by atoms with Crippen LogP contribution in [0.5, 0.6) is 5.75 Å². The Labute approximate surface area is 181 Å². The first-order valence-electron chi connectivity index (χ1n) is 10.1. The topological polar surface area (TPSA) is 106 Å². The van der Waals surface area contributed by atoms with E-state index in [1.54, 1.807) is 24.5 Å². The van der Waals surface area contributed by atoms with Gasteiger partial charge in [-0.25, -0.2) is 13.4 Å². The molecule has 9 nitrogen and oxygen atoms in total. The molecule has 0 bridgehead atoms. The van der Waals surface area contributed by atoms with Crippen LogP contribution >= 0.6 is 0 Å². The van der Waals surface area contributed by atoms with Gasteiger partial charge in [-0.05, 0) is 42.5 Å². The van der Waals surface area contributed by atoms with Crippen molar-refractivity contribution < 1.29 is 17.9 Å². The van der Waals surface area contributed by atoms with Crippen molar-refractivity contribution in [2.75, 3.05) is 25.5 Å². The number of hydrogen-bond acceptors (Lipinski definition) is 6. The largest absolute Gasteiger partial charge is 0.495 e. The molecule has 3 aromatic rings. The monoisotopic (exact) mass is 443 g/mol. The number of sulfonamides is 1. The van der Waals surface area contributed by atoms with Gasteiger partial charge in [0.15, 0.2) is 5.65 Å². The van der Waals surface area contributed by atoms with Crippen LogP contribution in [0.2, 0.25) is 0 Å². The predicted molar refractivity (Wildman–Crippen MR) is 116 cm³/mol. The number of aromatic nitrogens is 3. The van der Waals surface area contributed by atoms with Crippen LogP contribution in [0.15, 0.2) is 47.6 Å². The number of carbonyl (C=O) groups is 1. The van der Waals surface area contributed by atoms with Crippen molar-refractivity contribution in [3.8, 4) is 5.75 Å². The molecule has 0 spiro atoms. The van der Waals surface area contributed by atoms with Crippen LogP contribution in [0.25, 0.3) is 5.65 Å². The zero-order valence-electron chi connectivity index (χ0n) is 17.6. The van der Waals surface area contributed by atoms with Crippen molar-refractivity contribution in [1.82, 2.24) is 18.9 Å². The smallest absolute Gasteiger partial charge is 0.256 e. The molecule has 2 atom stereocenters.